The molecular weight excluding hydrogens is 280 g/mol. The highest BCUT2D eigenvalue weighted by Crippen LogP contribution is 2.22. The summed E-state index contributed by atoms with van der Waals surface area (Å²) in [4.78, 5) is 32.5. The third-order valence-corrected chi connectivity index (χ3v) is 4.63. The van der Waals surface area contributed by atoms with Gasteiger partial charge in [0.25, 0.3) is 5.91 Å². The van der Waals surface area contributed by atoms with Gasteiger partial charge in [-0.2, -0.15) is 0 Å². The van der Waals surface area contributed by atoms with Crippen LogP contribution in [0.25, 0.3) is 0 Å². The summed E-state index contributed by atoms with van der Waals surface area (Å²) in [7, 11) is 2.11. The van der Waals surface area contributed by atoms with Crippen LogP contribution in [0, 0.1) is 0 Å². The number of fused-ring (bicyclic) bond motifs is 1. The van der Waals surface area contributed by atoms with Crippen molar-refractivity contribution in [2.45, 2.75) is 32.2 Å². The van der Waals surface area contributed by atoms with Crippen LogP contribution in [0.1, 0.15) is 35.7 Å². The van der Waals surface area contributed by atoms with Gasteiger partial charge in [-0.3, -0.25) is 14.5 Å². The van der Waals surface area contributed by atoms with Gasteiger partial charge in [0, 0.05) is 38.3 Å². The summed E-state index contributed by atoms with van der Waals surface area (Å²) in [6.45, 7) is 4.57. The second-order valence-corrected chi connectivity index (χ2v) is 6.07. The Morgan fingerprint density at radius 1 is 1.41 bits per heavy atom. The minimum absolute atomic E-state index is 0.0102. The van der Waals surface area contributed by atoms with Crippen LogP contribution >= 0.6 is 0 Å². The number of piperazine rings is 1. The van der Waals surface area contributed by atoms with Crippen molar-refractivity contribution in [2.75, 3.05) is 32.0 Å². The summed E-state index contributed by atoms with van der Waals surface area (Å²) in [6.07, 6.45) is 3.72. The third-order valence-electron chi connectivity index (χ3n) is 4.63. The maximum Gasteiger partial charge on any atom is 0.255 e. The van der Waals surface area contributed by atoms with Crippen molar-refractivity contribution >= 4 is 17.6 Å². The number of anilines is 1. The van der Waals surface area contributed by atoms with E-state index in [9.17, 15) is 9.59 Å². The summed E-state index contributed by atoms with van der Waals surface area (Å²) < 4.78 is 0. The van der Waals surface area contributed by atoms with Gasteiger partial charge < -0.3 is 10.2 Å². The number of carbonyl (C=O) groups excluding carboxylic acids is 2. The molecule has 3 rings (SSSR count). The molecule has 0 saturated carbocycles. The number of rotatable bonds is 2. The van der Waals surface area contributed by atoms with Gasteiger partial charge in [-0.05, 0) is 31.5 Å². The lowest BCUT2D eigenvalue weighted by Crippen LogP contribution is -2.53. The summed E-state index contributed by atoms with van der Waals surface area (Å²) in [5, 5.41) is 2.75. The molecule has 1 fully saturated rings. The quantitative estimate of drug-likeness (QED) is 0.889. The molecule has 1 aromatic rings. The monoisotopic (exact) mass is 302 g/mol. The van der Waals surface area contributed by atoms with Crippen molar-refractivity contribution in [3.05, 3.63) is 23.4 Å². The van der Waals surface area contributed by atoms with E-state index in [4.69, 9.17) is 0 Å². The standard InChI is InChI=1S/C16H22N4O2/c1-3-13-10-20(7-6-19(13)2)16(22)12-8-11-4-5-14(21)18-15(11)17-9-12/h8-9,13H,3-7,10H2,1-2H3,(H,17,18,21). The Morgan fingerprint density at radius 3 is 3.00 bits per heavy atom. The Bertz CT molecular complexity index is 602. The zero-order chi connectivity index (χ0) is 15.7. The van der Waals surface area contributed by atoms with Crippen molar-refractivity contribution in [1.82, 2.24) is 14.8 Å². The van der Waals surface area contributed by atoms with E-state index >= 15 is 0 Å². The Kier molecular flexibility index (Phi) is 4.11. The number of hydrogen-bond acceptors (Lipinski definition) is 4. The molecule has 1 N–H and O–H groups in total. The highest BCUT2D eigenvalue weighted by molar-refractivity contribution is 5.96. The topological polar surface area (TPSA) is 65.5 Å². The first-order valence-corrected chi connectivity index (χ1v) is 7.86. The molecule has 1 atom stereocenters. The van der Waals surface area contributed by atoms with Crippen molar-refractivity contribution in [3.63, 3.8) is 0 Å². The molecule has 0 aromatic carbocycles. The van der Waals surface area contributed by atoms with Gasteiger partial charge >= 0.3 is 0 Å². The number of amides is 2. The second-order valence-electron chi connectivity index (χ2n) is 6.07. The molecule has 22 heavy (non-hydrogen) atoms. The first-order chi connectivity index (χ1) is 10.6. The van der Waals surface area contributed by atoms with Gasteiger partial charge in [0.15, 0.2) is 0 Å². The number of nitrogens with one attached hydrogen (secondary N) is 1. The Balaban J connectivity index is 1.76. The van der Waals surface area contributed by atoms with Gasteiger partial charge in [-0.15, -0.1) is 0 Å². The molecule has 0 bridgehead atoms. The second kappa shape index (κ2) is 6.04. The molecule has 2 aliphatic rings. The number of hydrogen-bond donors (Lipinski definition) is 1. The first kappa shape index (κ1) is 15.0. The van der Waals surface area contributed by atoms with Crippen LogP contribution in [0.4, 0.5) is 5.82 Å². The Morgan fingerprint density at radius 2 is 2.23 bits per heavy atom. The molecule has 0 spiro atoms. The predicted molar refractivity (Wildman–Crippen MR) is 83.8 cm³/mol. The van der Waals surface area contributed by atoms with Crippen LogP contribution in [0.5, 0.6) is 0 Å². The number of nitrogens with zero attached hydrogens (tertiary/aromatic N) is 3. The Labute approximate surface area is 130 Å². The first-order valence-electron chi connectivity index (χ1n) is 7.86. The van der Waals surface area contributed by atoms with Crippen LogP contribution in [-0.2, 0) is 11.2 Å². The average Bonchev–Trinajstić information content (AvgIpc) is 2.54. The summed E-state index contributed by atoms with van der Waals surface area (Å²) >= 11 is 0. The molecule has 1 saturated heterocycles. The van der Waals surface area contributed by atoms with Crippen LogP contribution in [0.2, 0.25) is 0 Å². The van der Waals surface area contributed by atoms with Crippen molar-refractivity contribution in [1.29, 1.82) is 0 Å². The fourth-order valence-electron chi connectivity index (χ4n) is 3.13. The minimum atomic E-state index is -0.0102. The van der Waals surface area contributed by atoms with E-state index in [2.05, 4.69) is 29.2 Å². The highest BCUT2D eigenvalue weighted by atomic mass is 16.2. The molecule has 3 heterocycles. The number of likely N-dealkylation sites (N-methyl/N-ethyl adjacent to an activating group) is 1. The molecule has 6 heteroatoms. The summed E-state index contributed by atoms with van der Waals surface area (Å²) in [5.74, 6) is 0.625. The molecule has 6 nitrogen and oxygen atoms in total. The van der Waals surface area contributed by atoms with E-state index in [-0.39, 0.29) is 11.8 Å². The smallest absolute Gasteiger partial charge is 0.255 e. The van der Waals surface area contributed by atoms with Crippen LogP contribution in [0.15, 0.2) is 12.3 Å². The van der Waals surface area contributed by atoms with Gasteiger partial charge in [0.1, 0.15) is 5.82 Å². The van der Waals surface area contributed by atoms with Gasteiger partial charge in [-0.25, -0.2) is 4.98 Å². The highest BCUT2D eigenvalue weighted by Gasteiger charge is 2.27. The molecular formula is C16H22N4O2. The third kappa shape index (κ3) is 2.83. The van der Waals surface area contributed by atoms with Gasteiger partial charge in [0.05, 0.1) is 5.56 Å². The summed E-state index contributed by atoms with van der Waals surface area (Å²) in [5.41, 5.74) is 1.57. The van der Waals surface area contributed by atoms with Gasteiger partial charge in [-0.1, -0.05) is 6.92 Å². The number of carbonyl (C=O) groups is 2. The van der Waals surface area contributed by atoms with E-state index in [1.165, 1.54) is 0 Å². The number of pyridine rings is 1. The van der Waals surface area contributed by atoms with Crippen molar-refractivity contribution in [2.24, 2.45) is 0 Å². The van der Waals surface area contributed by atoms with E-state index < -0.39 is 0 Å². The average molecular weight is 302 g/mol. The summed E-state index contributed by atoms with van der Waals surface area (Å²) in [6, 6.07) is 2.30. The van der Waals surface area contributed by atoms with Crippen molar-refractivity contribution < 1.29 is 9.59 Å². The lowest BCUT2D eigenvalue weighted by atomic mass is 10.0. The predicted octanol–water partition coefficient (Wildman–Crippen LogP) is 1.13. The van der Waals surface area contributed by atoms with E-state index in [1.807, 2.05) is 11.0 Å². The molecule has 0 radical (unpaired) electrons. The normalized spacial score (nSPS) is 22.2. The molecule has 1 aromatic heterocycles. The zero-order valence-corrected chi connectivity index (χ0v) is 13.1. The van der Waals surface area contributed by atoms with Crippen LogP contribution in [-0.4, -0.2) is 59.3 Å². The fourth-order valence-corrected chi connectivity index (χ4v) is 3.13. The SMILES string of the molecule is CCC1CN(C(=O)c2cnc3c(c2)CCC(=O)N3)CCN1C. The number of aromatic nitrogens is 1. The van der Waals surface area contributed by atoms with Crippen LogP contribution in [0.3, 0.4) is 0 Å². The minimum Gasteiger partial charge on any atom is -0.336 e. The lowest BCUT2D eigenvalue weighted by molar-refractivity contribution is -0.116. The number of aryl methyl sites for hydroxylation is 1. The maximum atomic E-state index is 12.7. The fraction of sp³-hybridized carbons (Fsp3) is 0.562. The van der Waals surface area contributed by atoms with Crippen LogP contribution < -0.4 is 5.32 Å². The molecule has 118 valence electrons. The van der Waals surface area contributed by atoms with E-state index in [0.717, 1.165) is 31.6 Å². The molecule has 1 unspecified atom stereocenters. The lowest BCUT2D eigenvalue weighted by Gasteiger charge is -2.39. The zero-order valence-electron chi connectivity index (χ0n) is 13.1. The molecule has 2 aliphatic heterocycles. The van der Waals surface area contributed by atoms with Crippen molar-refractivity contribution in [3.8, 4) is 0 Å². The molecule has 0 aliphatic carbocycles. The largest absolute Gasteiger partial charge is 0.336 e. The maximum absolute atomic E-state index is 12.7. The van der Waals surface area contributed by atoms with Gasteiger partial charge in [0.2, 0.25) is 5.91 Å². The van der Waals surface area contributed by atoms with E-state index in [0.29, 0.717) is 30.3 Å². The van der Waals surface area contributed by atoms with E-state index in [1.54, 1.807) is 6.20 Å². The Hall–Kier alpha value is -1.95. The molecule has 2 amide bonds.